The summed E-state index contributed by atoms with van der Waals surface area (Å²) in [6.45, 7) is 0. The van der Waals surface area contributed by atoms with Gasteiger partial charge in [0, 0.05) is 5.02 Å². The quantitative estimate of drug-likeness (QED) is 0.310. The number of carbonyl (C=O) groups excluding carboxylic acids is 1. The van der Waals surface area contributed by atoms with Crippen LogP contribution in [0.2, 0.25) is 5.02 Å². The lowest BCUT2D eigenvalue weighted by atomic mass is 10.2. The van der Waals surface area contributed by atoms with Crippen LogP contribution in [0.4, 0.5) is 5.95 Å². The van der Waals surface area contributed by atoms with Gasteiger partial charge in [-0.25, -0.2) is 10.1 Å². The number of carbonyl (C=O) groups is 1. The van der Waals surface area contributed by atoms with Gasteiger partial charge in [0.05, 0.1) is 12.0 Å². The molecule has 110 valence electrons. The SMILES string of the molecule is NC(=O)CSc1nnc(N/N=C/c2cccc(Cl)c2)n1N. The first-order valence-electron chi connectivity index (χ1n) is 5.72. The number of thioether (sulfide) groups is 1. The molecule has 1 aromatic heterocycles. The Morgan fingerprint density at radius 2 is 2.33 bits per heavy atom. The van der Waals surface area contributed by atoms with Gasteiger partial charge in [-0.2, -0.15) is 5.10 Å². The van der Waals surface area contributed by atoms with Crippen LogP contribution < -0.4 is 17.0 Å². The molecule has 0 radical (unpaired) electrons. The van der Waals surface area contributed by atoms with E-state index in [1.165, 1.54) is 4.68 Å². The lowest BCUT2D eigenvalue weighted by molar-refractivity contribution is -0.115. The molecule has 0 atom stereocenters. The summed E-state index contributed by atoms with van der Waals surface area (Å²) in [5.74, 6) is 5.60. The van der Waals surface area contributed by atoms with E-state index in [1.807, 2.05) is 12.1 Å². The number of amides is 1. The van der Waals surface area contributed by atoms with Gasteiger partial charge in [0.2, 0.25) is 11.1 Å². The molecule has 0 spiro atoms. The fraction of sp³-hybridized carbons (Fsp3) is 0.0909. The van der Waals surface area contributed by atoms with Gasteiger partial charge in [0.25, 0.3) is 5.95 Å². The fourth-order valence-corrected chi connectivity index (χ4v) is 2.13. The minimum absolute atomic E-state index is 0.0706. The number of benzene rings is 1. The number of hydrogen-bond donors (Lipinski definition) is 3. The summed E-state index contributed by atoms with van der Waals surface area (Å²) < 4.78 is 1.18. The summed E-state index contributed by atoms with van der Waals surface area (Å²) in [7, 11) is 0. The predicted molar refractivity (Wildman–Crippen MR) is 82.8 cm³/mol. The van der Waals surface area contributed by atoms with Gasteiger partial charge in [-0.15, -0.1) is 10.2 Å². The van der Waals surface area contributed by atoms with Crippen molar-refractivity contribution in [2.75, 3.05) is 17.0 Å². The first-order valence-corrected chi connectivity index (χ1v) is 7.09. The van der Waals surface area contributed by atoms with E-state index in [9.17, 15) is 4.79 Å². The number of nitrogens with one attached hydrogen (secondary N) is 1. The third-order valence-corrected chi connectivity index (χ3v) is 3.44. The van der Waals surface area contributed by atoms with Crippen molar-refractivity contribution in [2.24, 2.45) is 10.8 Å². The van der Waals surface area contributed by atoms with E-state index in [1.54, 1.807) is 18.3 Å². The van der Waals surface area contributed by atoms with Crippen LogP contribution in [0.5, 0.6) is 0 Å². The van der Waals surface area contributed by atoms with E-state index in [0.29, 0.717) is 10.2 Å². The second-order valence-electron chi connectivity index (χ2n) is 3.86. The summed E-state index contributed by atoms with van der Waals surface area (Å²) in [6, 6.07) is 7.19. The zero-order valence-corrected chi connectivity index (χ0v) is 12.3. The van der Waals surface area contributed by atoms with E-state index >= 15 is 0 Å². The van der Waals surface area contributed by atoms with Gasteiger partial charge in [-0.1, -0.05) is 35.5 Å². The number of nitrogen functional groups attached to an aromatic ring is 1. The Kier molecular flexibility index (Phi) is 5.01. The molecule has 21 heavy (non-hydrogen) atoms. The van der Waals surface area contributed by atoms with E-state index in [0.717, 1.165) is 17.3 Å². The molecular weight excluding hydrogens is 314 g/mol. The molecular formula is C11H12ClN7OS. The Hall–Kier alpha value is -2.26. The molecule has 8 nitrogen and oxygen atoms in total. The maximum Gasteiger partial charge on any atom is 0.264 e. The summed E-state index contributed by atoms with van der Waals surface area (Å²) >= 11 is 6.95. The van der Waals surface area contributed by atoms with Crippen molar-refractivity contribution in [1.29, 1.82) is 0 Å². The molecule has 0 bridgehead atoms. The largest absolute Gasteiger partial charge is 0.369 e. The number of nitrogens with two attached hydrogens (primary N) is 2. The normalized spacial score (nSPS) is 10.9. The molecule has 0 saturated carbocycles. The molecule has 1 aromatic carbocycles. The minimum Gasteiger partial charge on any atom is -0.369 e. The van der Waals surface area contributed by atoms with Crippen LogP contribution >= 0.6 is 23.4 Å². The smallest absolute Gasteiger partial charge is 0.264 e. The third kappa shape index (κ3) is 4.36. The van der Waals surface area contributed by atoms with Gasteiger partial charge in [-0.3, -0.25) is 4.79 Å². The monoisotopic (exact) mass is 325 g/mol. The van der Waals surface area contributed by atoms with Crippen molar-refractivity contribution in [1.82, 2.24) is 14.9 Å². The first-order chi connectivity index (χ1) is 10.1. The number of primary amides is 1. The van der Waals surface area contributed by atoms with Gasteiger partial charge < -0.3 is 11.6 Å². The van der Waals surface area contributed by atoms with Crippen molar-refractivity contribution in [3.8, 4) is 0 Å². The maximum atomic E-state index is 10.7. The number of nitrogens with zero attached hydrogens (tertiary/aromatic N) is 4. The zero-order chi connectivity index (χ0) is 15.2. The average molecular weight is 326 g/mol. The first kappa shape index (κ1) is 15.1. The Bertz CT molecular complexity index is 672. The molecule has 10 heteroatoms. The molecule has 0 fully saturated rings. The highest BCUT2D eigenvalue weighted by Crippen LogP contribution is 2.16. The molecule has 1 amide bonds. The van der Waals surface area contributed by atoms with Gasteiger partial charge in [0.15, 0.2) is 0 Å². The Labute approximate surface area is 129 Å². The number of anilines is 1. The van der Waals surface area contributed by atoms with Crippen LogP contribution in [-0.4, -0.2) is 32.7 Å². The summed E-state index contributed by atoms with van der Waals surface area (Å²) in [6.07, 6.45) is 1.57. The Morgan fingerprint density at radius 3 is 3.05 bits per heavy atom. The molecule has 0 aliphatic carbocycles. The number of aromatic nitrogens is 3. The summed E-state index contributed by atoms with van der Waals surface area (Å²) in [5, 5.41) is 12.6. The topological polar surface area (TPSA) is 124 Å². The molecule has 0 aliphatic heterocycles. The van der Waals surface area contributed by atoms with Crippen molar-refractivity contribution in [3.05, 3.63) is 34.9 Å². The summed E-state index contributed by atoms with van der Waals surface area (Å²) in [5.41, 5.74) is 8.52. The van der Waals surface area contributed by atoms with E-state index in [2.05, 4.69) is 20.7 Å². The number of hydrogen-bond acceptors (Lipinski definition) is 7. The average Bonchev–Trinajstić information content (AvgIpc) is 2.78. The molecule has 2 aromatic rings. The molecule has 0 aliphatic rings. The highest BCUT2D eigenvalue weighted by molar-refractivity contribution is 7.99. The van der Waals surface area contributed by atoms with Crippen LogP contribution in [0.1, 0.15) is 5.56 Å². The van der Waals surface area contributed by atoms with E-state index in [4.69, 9.17) is 23.2 Å². The van der Waals surface area contributed by atoms with Crippen LogP contribution in [0, 0.1) is 0 Å². The van der Waals surface area contributed by atoms with Gasteiger partial charge in [-0.05, 0) is 17.7 Å². The summed E-state index contributed by atoms with van der Waals surface area (Å²) in [4.78, 5) is 10.7. The second kappa shape index (κ2) is 6.95. The van der Waals surface area contributed by atoms with Crippen molar-refractivity contribution in [2.45, 2.75) is 5.16 Å². The van der Waals surface area contributed by atoms with Crippen molar-refractivity contribution >= 4 is 41.4 Å². The predicted octanol–water partition coefficient (Wildman–Crippen LogP) is 0.669. The fourth-order valence-electron chi connectivity index (χ4n) is 1.34. The number of hydrazone groups is 1. The second-order valence-corrected chi connectivity index (χ2v) is 5.24. The van der Waals surface area contributed by atoms with Gasteiger partial charge >= 0.3 is 0 Å². The van der Waals surface area contributed by atoms with E-state index in [-0.39, 0.29) is 11.7 Å². The number of rotatable bonds is 6. The maximum absolute atomic E-state index is 10.7. The minimum atomic E-state index is -0.462. The zero-order valence-electron chi connectivity index (χ0n) is 10.7. The van der Waals surface area contributed by atoms with Crippen molar-refractivity contribution < 1.29 is 4.79 Å². The third-order valence-electron chi connectivity index (χ3n) is 2.23. The molecule has 2 rings (SSSR count). The molecule has 0 saturated heterocycles. The Balaban J connectivity index is 1.99. The van der Waals surface area contributed by atoms with Crippen LogP contribution in [0.25, 0.3) is 0 Å². The molecule has 5 N–H and O–H groups in total. The van der Waals surface area contributed by atoms with Crippen LogP contribution in [0.15, 0.2) is 34.5 Å². The Morgan fingerprint density at radius 1 is 1.52 bits per heavy atom. The highest BCUT2D eigenvalue weighted by atomic mass is 35.5. The molecule has 0 unspecified atom stereocenters. The highest BCUT2D eigenvalue weighted by Gasteiger charge is 2.10. The standard InChI is InChI=1S/C11H12ClN7OS/c12-8-3-1-2-7(4-8)5-15-16-10-17-18-11(19(10)14)21-6-9(13)20/h1-5H,6,14H2,(H2,13,20)(H,16,17)/b15-5+. The number of halogens is 1. The molecule has 1 heterocycles. The van der Waals surface area contributed by atoms with Gasteiger partial charge in [0.1, 0.15) is 0 Å². The van der Waals surface area contributed by atoms with Crippen LogP contribution in [0.3, 0.4) is 0 Å². The van der Waals surface area contributed by atoms with Crippen molar-refractivity contribution in [3.63, 3.8) is 0 Å². The lowest BCUT2D eigenvalue weighted by Crippen LogP contribution is -2.16. The lowest BCUT2D eigenvalue weighted by Gasteiger charge is -2.01. The van der Waals surface area contributed by atoms with E-state index < -0.39 is 5.91 Å². The van der Waals surface area contributed by atoms with Crippen LogP contribution in [-0.2, 0) is 4.79 Å².